The lowest BCUT2D eigenvalue weighted by atomic mass is 9.95. The zero-order valence-corrected chi connectivity index (χ0v) is 8.62. The molecule has 0 saturated heterocycles. The minimum atomic E-state index is -0.726. The predicted octanol–water partition coefficient (Wildman–Crippen LogP) is 2.85. The van der Waals surface area contributed by atoms with Crippen LogP contribution in [-0.4, -0.2) is 15.5 Å². The summed E-state index contributed by atoms with van der Waals surface area (Å²) < 4.78 is 0. The minimum Gasteiger partial charge on any atom is -0.276 e. The zero-order chi connectivity index (χ0) is 9.35. The summed E-state index contributed by atoms with van der Waals surface area (Å²) in [4.78, 5) is 10.1. The second-order valence-electron chi connectivity index (χ2n) is 2.77. The lowest BCUT2D eigenvalue weighted by molar-refractivity contribution is -0.108. The van der Waals surface area contributed by atoms with Crippen molar-refractivity contribution in [3.8, 4) is 0 Å². The smallest absolute Gasteiger partial charge is 0.249 e. The summed E-state index contributed by atoms with van der Waals surface area (Å²) in [5, 5.41) is -1.11. The Morgan fingerprint density at radius 3 is 2.67 bits per heavy atom. The van der Waals surface area contributed by atoms with Crippen LogP contribution in [0.3, 0.4) is 0 Å². The van der Waals surface area contributed by atoms with E-state index in [0.717, 1.165) is 0 Å². The van der Waals surface area contributed by atoms with Crippen molar-refractivity contribution >= 4 is 40.0 Å². The molecule has 0 amide bonds. The molecule has 0 spiro atoms. The molecule has 0 aliphatic heterocycles. The molecule has 0 N–H and O–H groups in total. The summed E-state index contributed by atoms with van der Waals surface area (Å²) in [6.07, 6.45) is 4.99. The Labute approximate surface area is 86.0 Å². The van der Waals surface area contributed by atoms with Crippen LogP contribution in [0.25, 0.3) is 0 Å². The molecule has 1 aliphatic carbocycles. The molecule has 1 aliphatic rings. The average Bonchev–Trinajstić information content (AvgIpc) is 1.94. The van der Waals surface area contributed by atoms with E-state index >= 15 is 0 Å². The molecule has 12 heavy (non-hydrogen) atoms. The molecule has 0 fully saturated rings. The van der Waals surface area contributed by atoms with E-state index in [-0.39, 0.29) is 0 Å². The first kappa shape index (κ1) is 10.1. The van der Waals surface area contributed by atoms with Gasteiger partial charge in [-0.3, -0.25) is 4.79 Å². The summed E-state index contributed by atoms with van der Waals surface area (Å²) in [7, 11) is 0. The van der Waals surface area contributed by atoms with Crippen LogP contribution in [0.5, 0.6) is 0 Å². The van der Waals surface area contributed by atoms with Crippen LogP contribution in [0.2, 0.25) is 0 Å². The van der Waals surface area contributed by atoms with Gasteiger partial charge >= 0.3 is 0 Å². The molecule has 1 rings (SSSR count). The molecule has 0 aromatic heterocycles. The van der Waals surface area contributed by atoms with E-state index in [0.29, 0.717) is 5.57 Å². The molecular weight excluding hydrogens is 218 g/mol. The molecule has 0 bridgehead atoms. The van der Waals surface area contributed by atoms with Crippen molar-refractivity contribution in [2.24, 2.45) is 0 Å². The fourth-order valence-corrected chi connectivity index (χ4v) is 1.64. The maximum atomic E-state index is 10.8. The van der Waals surface area contributed by atoms with Crippen molar-refractivity contribution in [2.75, 3.05) is 0 Å². The third-order valence-corrected chi connectivity index (χ3v) is 3.06. The maximum Gasteiger partial charge on any atom is 0.249 e. The van der Waals surface area contributed by atoms with Gasteiger partial charge in [-0.1, -0.05) is 18.2 Å². The molecule has 1 nitrogen and oxygen atoms in total. The van der Waals surface area contributed by atoms with E-state index in [9.17, 15) is 4.79 Å². The highest BCUT2D eigenvalue weighted by Gasteiger charge is 2.34. The molecule has 0 saturated carbocycles. The molecular formula is C8H7Cl3O. The molecule has 2 atom stereocenters. The first-order valence-corrected chi connectivity index (χ1v) is 4.56. The van der Waals surface area contributed by atoms with Gasteiger partial charge in [-0.2, -0.15) is 0 Å². The Bertz CT molecular complexity index is 265. The highest BCUT2D eigenvalue weighted by atomic mass is 35.5. The van der Waals surface area contributed by atoms with Crippen molar-refractivity contribution in [2.45, 2.75) is 17.2 Å². The molecule has 4 heteroatoms. The molecule has 0 radical (unpaired) electrons. The fraction of sp³-hybridized carbons (Fsp3) is 0.375. The van der Waals surface area contributed by atoms with Crippen LogP contribution in [0.15, 0.2) is 23.8 Å². The standard InChI is InChI=1S/C8H7Cl3O/c1-8(11)4-2-3-5(6(8)9)7(10)12/h2-4,6H,1H3. The summed E-state index contributed by atoms with van der Waals surface area (Å²) in [5.41, 5.74) is 0.346. The summed E-state index contributed by atoms with van der Waals surface area (Å²) >= 11 is 17.2. The average molecular weight is 226 g/mol. The van der Waals surface area contributed by atoms with E-state index in [4.69, 9.17) is 34.8 Å². The third-order valence-electron chi connectivity index (χ3n) is 1.69. The topological polar surface area (TPSA) is 17.1 Å². The van der Waals surface area contributed by atoms with Gasteiger partial charge in [0.15, 0.2) is 0 Å². The van der Waals surface area contributed by atoms with E-state index in [1.165, 1.54) is 0 Å². The van der Waals surface area contributed by atoms with Gasteiger partial charge in [-0.05, 0) is 18.5 Å². The van der Waals surface area contributed by atoms with E-state index in [1.807, 2.05) is 0 Å². The van der Waals surface area contributed by atoms with Gasteiger partial charge in [-0.25, -0.2) is 0 Å². The normalized spacial score (nSPS) is 34.7. The van der Waals surface area contributed by atoms with E-state index < -0.39 is 15.5 Å². The number of carbonyl (C=O) groups is 1. The zero-order valence-electron chi connectivity index (χ0n) is 6.35. The second-order valence-corrected chi connectivity index (χ2v) is 4.36. The molecule has 0 aromatic rings. The van der Waals surface area contributed by atoms with Crippen LogP contribution in [0.4, 0.5) is 0 Å². The SMILES string of the molecule is CC1(Cl)C=CC=C(C(=O)Cl)C1Cl. The van der Waals surface area contributed by atoms with E-state index in [2.05, 4.69) is 0 Å². The third kappa shape index (κ3) is 1.85. The summed E-state index contributed by atoms with van der Waals surface area (Å²) in [5.74, 6) is 0. The van der Waals surface area contributed by atoms with Gasteiger partial charge in [-0.15, -0.1) is 23.2 Å². The lowest BCUT2D eigenvalue weighted by Gasteiger charge is -2.27. The summed E-state index contributed by atoms with van der Waals surface area (Å²) in [6.45, 7) is 1.73. The van der Waals surface area contributed by atoms with Crippen LogP contribution in [0, 0.1) is 0 Å². The van der Waals surface area contributed by atoms with E-state index in [1.54, 1.807) is 25.2 Å². The number of alkyl halides is 2. The van der Waals surface area contributed by atoms with Crippen molar-refractivity contribution in [3.05, 3.63) is 23.8 Å². The molecule has 2 unspecified atom stereocenters. The van der Waals surface area contributed by atoms with Crippen LogP contribution < -0.4 is 0 Å². The number of rotatable bonds is 1. The summed E-state index contributed by atoms with van der Waals surface area (Å²) in [6, 6.07) is 0. The van der Waals surface area contributed by atoms with Crippen LogP contribution in [-0.2, 0) is 4.79 Å². The molecule has 0 heterocycles. The van der Waals surface area contributed by atoms with Gasteiger partial charge in [0, 0.05) is 5.57 Å². The van der Waals surface area contributed by atoms with Gasteiger partial charge in [0.1, 0.15) is 0 Å². The quantitative estimate of drug-likeness (QED) is 0.495. The Balaban J connectivity index is 2.99. The van der Waals surface area contributed by atoms with Crippen LogP contribution >= 0.6 is 34.8 Å². The van der Waals surface area contributed by atoms with Gasteiger partial charge in [0.25, 0.3) is 0 Å². The first-order valence-electron chi connectivity index (χ1n) is 3.37. The van der Waals surface area contributed by atoms with Gasteiger partial charge in [0.05, 0.1) is 10.3 Å². The van der Waals surface area contributed by atoms with Crippen molar-refractivity contribution in [1.29, 1.82) is 0 Å². The van der Waals surface area contributed by atoms with Gasteiger partial charge in [0.2, 0.25) is 5.24 Å². The second kappa shape index (κ2) is 3.41. The lowest BCUT2D eigenvalue weighted by Crippen LogP contribution is -2.32. The number of carbonyl (C=O) groups excluding carboxylic acids is 1. The minimum absolute atomic E-state index is 0.346. The monoisotopic (exact) mass is 224 g/mol. The number of hydrogen-bond donors (Lipinski definition) is 0. The number of hydrogen-bond acceptors (Lipinski definition) is 1. The molecule has 66 valence electrons. The number of halogens is 3. The fourth-order valence-electron chi connectivity index (χ4n) is 0.978. The maximum absolute atomic E-state index is 10.8. The van der Waals surface area contributed by atoms with Gasteiger partial charge < -0.3 is 0 Å². The Hall–Kier alpha value is 0.0200. The van der Waals surface area contributed by atoms with Crippen molar-refractivity contribution < 1.29 is 4.79 Å². The first-order chi connectivity index (χ1) is 5.45. The predicted molar refractivity (Wildman–Crippen MR) is 52.0 cm³/mol. The highest BCUT2D eigenvalue weighted by molar-refractivity contribution is 6.68. The largest absolute Gasteiger partial charge is 0.276 e. The van der Waals surface area contributed by atoms with Crippen LogP contribution in [0.1, 0.15) is 6.92 Å². The molecule has 0 aromatic carbocycles. The Morgan fingerprint density at radius 1 is 1.67 bits per heavy atom. The Morgan fingerprint density at radius 2 is 2.25 bits per heavy atom. The van der Waals surface area contributed by atoms with Crippen molar-refractivity contribution in [3.63, 3.8) is 0 Å². The van der Waals surface area contributed by atoms with Crippen molar-refractivity contribution in [1.82, 2.24) is 0 Å². The highest BCUT2D eigenvalue weighted by Crippen LogP contribution is 2.34. The number of allylic oxidation sites excluding steroid dienone is 4. The Kier molecular flexibility index (Phi) is 2.87.